The van der Waals surface area contributed by atoms with Gasteiger partial charge in [0.1, 0.15) is 11.8 Å². The maximum Gasteiger partial charge on any atom is 0.267 e. The Morgan fingerprint density at radius 1 is 1.29 bits per heavy atom. The summed E-state index contributed by atoms with van der Waals surface area (Å²) in [4.78, 5) is 24.1. The fraction of sp³-hybridized carbons (Fsp3) is 0.278. The van der Waals surface area contributed by atoms with E-state index in [0.717, 1.165) is 29.4 Å². The van der Waals surface area contributed by atoms with Crippen LogP contribution in [0.2, 0.25) is 0 Å². The summed E-state index contributed by atoms with van der Waals surface area (Å²) in [6.45, 7) is 0.614. The average Bonchev–Trinajstić information content (AvgIpc) is 3.07. The highest BCUT2D eigenvalue weighted by Crippen LogP contribution is 2.26. The van der Waals surface area contributed by atoms with Crippen LogP contribution in [0.3, 0.4) is 0 Å². The fourth-order valence-corrected chi connectivity index (χ4v) is 3.06. The first-order valence-electron chi connectivity index (χ1n) is 8.06. The van der Waals surface area contributed by atoms with Gasteiger partial charge in [0, 0.05) is 42.1 Å². The molecule has 1 fully saturated rings. The Labute approximate surface area is 139 Å². The molecule has 0 bridgehead atoms. The van der Waals surface area contributed by atoms with Gasteiger partial charge < -0.3 is 15.0 Å². The van der Waals surface area contributed by atoms with Crippen molar-refractivity contribution in [2.24, 2.45) is 0 Å². The van der Waals surface area contributed by atoms with E-state index in [9.17, 15) is 4.79 Å². The Balaban J connectivity index is 1.45. The van der Waals surface area contributed by atoms with Crippen molar-refractivity contribution < 1.29 is 9.53 Å². The van der Waals surface area contributed by atoms with Crippen LogP contribution < -0.4 is 5.32 Å². The summed E-state index contributed by atoms with van der Waals surface area (Å²) in [6.07, 6.45) is 6.67. The van der Waals surface area contributed by atoms with Crippen molar-refractivity contribution >= 4 is 16.8 Å². The van der Waals surface area contributed by atoms with Crippen molar-refractivity contribution in [1.82, 2.24) is 20.3 Å². The normalized spacial score (nSPS) is 20.8. The molecule has 1 amide bonds. The van der Waals surface area contributed by atoms with Crippen LogP contribution in [0.5, 0.6) is 0 Å². The Kier molecular flexibility index (Phi) is 3.96. The molecule has 3 aromatic rings. The lowest BCUT2D eigenvalue weighted by atomic mass is 10.0. The number of H-pyrrole nitrogens is 1. The first-order chi connectivity index (χ1) is 11.8. The Hall–Kier alpha value is -2.73. The lowest BCUT2D eigenvalue weighted by molar-refractivity contribution is -0.00154. The molecular weight excluding hydrogens is 304 g/mol. The third-order valence-electron chi connectivity index (χ3n) is 4.30. The number of hydrogen-bond acceptors (Lipinski definition) is 4. The van der Waals surface area contributed by atoms with Crippen LogP contribution >= 0.6 is 0 Å². The van der Waals surface area contributed by atoms with E-state index >= 15 is 0 Å². The molecule has 4 rings (SSSR count). The average molecular weight is 322 g/mol. The lowest BCUT2D eigenvalue weighted by Crippen LogP contribution is -2.40. The molecule has 0 saturated carbocycles. The second kappa shape index (κ2) is 6.41. The van der Waals surface area contributed by atoms with Crippen molar-refractivity contribution in [3.63, 3.8) is 0 Å². The van der Waals surface area contributed by atoms with Crippen molar-refractivity contribution in [2.45, 2.75) is 25.0 Å². The molecule has 0 unspecified atom stereocenters. The number of nitrogens with zero attached hydrogens (tertiary/aromatic N) is 2. The summed E-state index contributed by atoms with van der Waals surface area (Å²) in [5.41, 5.74) is 2.38. The zero-order chi connectivity index (χ0) is 16.4. The lowest BCUT2D eigenvalue weighted by Gasteiger charge is -2.29. The molecule has 0 aromatic carbocycles. The topological polar surface area (TPSA) is 79.9 Å². The van der Waals surface area contributed by atoms with Crippen molar-refractivity contribution in [3.05, 3.63) is 60.3 Å². The van der Waals surface area contributed by atoms with Gasteiger partial charge in [0.05, 0.1) is 5.69 Å². The zero-order valence-electron chi connectivity index (χ0n) is 13.1. The van der Waals surface area contributed by atoms with E-state index in [1.807, 2.05) is 30.3 Å². The van der Waals surface area contributed by atoms with E-state index in [4.69, 9.17) is 4.74 Å². The molecule has 24 heavy (non-hydrogen) atoms. The first kappa shape index (κ1) is 14.8. The highest BCUT2D eigenvalue weighted by Gasteiger charge is 2.26. The molecule has 6 heteroatoms. The minimum Gasteiger partial charge on any atom is -0.372 e. The van der Waals surface area contributed by atoms with Gasteiger partial charge in [-0.2, -0.15) is 0 Å². The smallest absolute Gasteiger partial charge is 0.267 e. The third kappa shape index (κ3) is 3.00. The molecule has 122 valence electrons. The number of pyridine rings is 2. The van der Waals surface area contributed by atoms with E-state index in [0.29, 0.717) is 12.3 Å². The fourth-order valence-electron chi connectivity index (χ4n) is 3.06. The molecule has 4 heterocycles. The number of rotatable bonds is 3. The summed E-state index contributed by atoms with van der Waals surface area (Å²) in [5.74, 6) is -0.0992. The summed E-state index contributed by atoms with van der Waals surface area (Å²) in [6, 6.07) is 9.55. The number of fused-ring (bicyclic) bond motifs is 1. The maximum absolute atomic E-state index is 12.5. The molecule has 2 atom stereocenters. The second-order valence-electron chi connectivity index (χ2n) is 5.95. The largest absolute Gasteiger partial charge is 0.372 e. The van der Waals surface area contributed by atoms with E-state index in [1.165, 1.54) is 0 Å². The first-order valence-corrected chi connectivity index (χ1v) is 8.06. The molecule has 0 aliphatic carbocycles. The molecule has 2 N–H and O–H groups in total. The van der Waals surface area contributed by atoms with Gasteiger partial charge in [0.15, 0.2) is 0 Å². The number of amides is 1. The number of aromatic nitrogens is 3. The Morgan fingerprint density at radius 2 is 2.25 bits per heavy atom. The quantitative estimate of drug-likeness (QED) is 0.777. The number of hydrogen-bond donors (Lipinski definition) is 2. The minimum atomic E-state index is -0.0992. The Bertz CT molecular complexity index is 813. The van der Waals surface area contributed by atoms with Crippen LogP contribution in [0.15, 0.2) is 48.9 Å². The number of nitrogens with one attached hydrogen (secondary N) is 2. The molecule has 6 nitrogen and oxygen atoms in total. The molecule has 1 aliphatic rings. The second-order valence-corrected chi connectivity index (χ2v) is 5.95. The van der Waals surface area contributed by atoms with Crippen molar-refractivity contribution in [3.8, 4) is 0 Å². The molecule has 0 radical (unpaired) electrons. The predicted octanol–water partition coefficient (Wildman–Crippen LogP) is 2.61. The summed E-state index contributed by atoms with van der Waals surface area (Å²) < 4.78 is 5.80. The highest BCUT2D eigenvalue weighted by molar-refractivity contribution is 5.97. The molecule has 0 spiro atoms. The van der Waals surface area contributed by atoms with Gasteiger partial charge in [0.2, 0.25) is 0 Å². The highest BCUT2D eigenvalue weighted by atomic mass is 16.5. The van der Waals surface area contributed by atoms with Crippen molar-refractivity contribution in [2.75, 3.05) is 6.61 Å². The van der Waals surface area contributed by atoms with E-state index in [1.54, 1.807) is 18.6 Å². The third-order valence-corrected chi connectivity index (χ3v) is 4.30. The minimum absolute atomic E-state index is 0.0720. The van der Waals surface area contributed by atoms with Gasteiger partial charge >= 0.3 is 0 Å². The summed E-state index contributed by atoms with van der Waals surface area (Å²) in [7, 11) is 0. The van der Waals surface area contributed by atoms with Gasteiger partial charge in [0.25, 0.3) is 5.91 Å². The van der Waals surface area contributed by atoms with Crippen LogP contribution in [0.25, 0.3) is 10.9 Å². The maximum atomic E-state index is 12.5. The van der Waals surface area contributed by atoms with Crippen LogP contribution in [-0.4, -0.2) is 33.5 Å². The summed E-state index contributed by atoms with van der Waals surface area (Å²) >= 11 is 0. The number of ether oxygens (including phenoxy) is 1. The number of carbonyl (C=O) groups excluding carboxylic acids is 1. The standard InChI is InChI=1S/C18H18N4O2/c23-18(16-9-12-11-19-7-4-14(12)22-16)21-13-5-8-24-17(10-13)15-3-1-2-6-20-15/h1-4,6-7,9,11,13,17,22H,5,8,10H2,(H,21,23)/t13-,17-/m1/s1. The SMILES string of the molecule is O=C(N[C@@H]1CCO[C@@H](c2ccccn2)C1)c1cc2cnccc2[nH]1. The summed E-state index contributed by atoms with van der Waals surface area (Å²) in [5, 5.41) is 4.03. The van der Waals surface area contributed by atoms with Gasteiger partial charge in [-0.15, -0.1) is 0 Å². The molecule has 3 aromatic heterocycles. The molecular formula is C18H18N4O2. The van der Waals surface area contributed by atoms with Gasteiger partial charge in [-0.3, -0.25) is 14.8 Å². The van der Waals surface area contributed by atoms with Crippen LogP contribution in [-0.2, 0) is 4.74 Å². The number of carbonyl (C=O) groups is 1. The van der Waals surface area contributed by atoms with Crippen LogP contribution in [0.1, 0.15) is 35.1 Å². The van der Waals surface area contributed by atoms with E-state index in [2.05, 4.69) is 20.3 Å². The van der Waals surface area contributed by atoms with Crippen LogP contribution in [0.4, 0.5) is 0 Å². The zero-order valence-corrected chi connectivity index (χ0v) is 13.1. The van der Waals surface area contributed by atoms with Crippen molar-refractivity contribution in [1.29, 1.82) is 0 Å². The van der Waals surface area contributed by atoms with Gasteiger partial charge in [-0.1, -0.05) is 6.07 Å². The Morgan fingerprint density at radius 3 is 3.08 bits per heavy atom. The molecule has 1 aliphatic heterocycles. The van der Waals surface area contributed by atoms with Gasteiger partial charge in [-0.25, -0.2) is 0 Å². The number of aromatic amines is 1. The van der Waals surface area contributed by atoms with E-state index in [-0.39, 0.29) is 18.1 Å². The van der Waals surface area contributed by atoms with Gasteiger partial charge in [-0.05, 0) is 37.1 Å². The van der Waals surface area contributed by atoms with Crippen LogP contribution in [0, 0.1) is 0 Å². The monoisotopic (exact) mass is 322 g/mol. The molecule has 1 saturated heterocycles. The predicted molar refractivity (Wildman–Crippen MR) is 89.5 cm³/mol. The van der Waals surface area contributed by atoms with E-state index < -0.39 is 0 Å².